The van der Waals surface area contributed by atoms with Crippen LogP contribution in [0.2, 0.25) is 0 Å². The highest BCUT2D eigenvalue weighted by atomic mass is 19.1. The first-order valence-corrected chi connectivity index (χ1v) is 6.18. The molecule has 0 aliphatic rings. The van der Waals surface area contributed by atoms with Crippen molar-refractivity contribution in [1.82, 2.24) is 0 Å². The van der Waals surface area contributed by atoms with Crippen LogP contribution < -0.4 is 15.8 Å². The van der Waals surface area contributed by atoms with Gasteiger partial charge in [0.05, 0.1) is 24.1 Å². The molecule has 1 unspecified atom stereocenters. The van der Waals surface area contributed by atoms with E-state index in [0.717, 1.165) is 6.42 Å². The minimum Gasteiger partial charge on any atom is -0.490 e. The fraction of sp³-hybridized carbons (Fsp3) is 0.538. The Hall–Kier alpha value is -1.49. The van der Waals surface area contributed by atoms with Gasteiger partial charge in [0.25, 0.3) is 0 Å². The van der Waals surface area contributed by atoms with Gasteiger partial charge in [-0.15, -0.1) is 0 Å². The minimum absolute atomic E-state index is 0.200. The fourth-order valence-corrected chi connectivity index (χ4v) is 1.46. The smallest absolute Gasteiger partial charge is 0.167 e. The van der Waals surface area contributed by atoms with Crippen molar-refractivity contribution in [1.29, 1.82) is 0 Å². The van der Waals surface area contributed by atoms with Crippen molar-refractivity contribution < 1.29 is 14.2 Å². The average Bonchev–Trinajstić information content (AvgIpc) is 2.30. The number of benzene rings is 1. The molecule has 0 aliphatic heterocycles. The Bertz CT molecular complexity index is 383. The standard InChI is InChI=1S/C13H21FN2O2/c1-3-6-18-13-8-12(11(15)7-10(13)14)16-5-4-9(2)17/h7-9,16-17H,3-6,15H2,1-2H3. The molecule has 5 heteroatoms. The van der Waals surface area contributed by atoms with E-state index in [1.807, 2.05) is 6.92 Å². The average molecular weight is 256 g/mol. The number of ether oxygens (including phenoxy) is 1. The van der Waals surface area contributed by atoms with E-state index in [0.29, 0.717) is 30.9 Å². The van der Waals surface area contributed by atoms with Gasteiger partial charge in [0.15, 0.2) is 11.6 Å². The van der Waals surface area contributed by atoms with Gasteiger partial charge >= 0.3 is 0 Å². The van der Waals surface area contributed by atoms with E-state index in [1.165, 1.54) is 6.07 Å². The lowest BCUT2D eigenvalue weighted by Crippen LogP contribution is -2.11. The van der Waals surface area contributed by atoms with Crippen LogP contribution in [0.5, 0.6) is 5.75 Å². The third-order valence-electron chi connectivity index (χ3n) is 2.44. The number of aliphatic hydroxyl groups excluding tert-OH is 1. The van der Waals surface area contributed by atoms with Gasteiger partial charge in [-0.2, -0.15) is 0 Å². The highest BCUT2D eigenvalue weighted by molar-refractivity contribution is 5.68. The molecule has 18 heavy (non-hydrogen) atoms. The predicted octanol–water partition coefficient (Wildman–Crippen LogP) is 2.38. The maximum atomic E-state index is 13.5. The summed E-state index contributed by atoms with van der Waals surface area (Å²) in [7, 11) is 0. The zero-order valence-corrected chi connectivity index (χ0v) is 10.9. The zero-order chi connectivity index (χ0) is 13.5. The predicted molar refractivity (Wildman–Crippen MR) is 71.4 cm³/mol. The topological polar surface area (TPSA) is 67.5 Å². The SMILES string of the molecule is CCCOc1cc(NCCC(C)O)c(N)cc1F. The van der Waals surface area contributed by atoms with Crippen LogP contribution >= 0.6 is 0 Å². The largest absolute Gasteiger partial charge is 0.490 e. The van der Waals surface area contributed by atoms with Crippen molar-refractivity contribution in [2.24, 2.45) is 0 Å². The highest BCUT2D eigenvalue weighted by Crippen LogP contribution is 2.28. The van der Waals surface area contributed by atoms with Crippen molar-refractivity contribution >= 4 is 11.4 Å². The first kappa shape index (κ1) is 14.6. The van der Waals surface area contributed by atoms with E-state index in [1.54, 1.807) is 13.0 Å². The highest BCUT2D eigenvalue weighted by Gasteiger charge is 2.09. The molecule has 0 fully saturated rings. The third kappa shape index (κ3) is 4.41. The monoisotopic (exact) mass is 256 g/mol. The second kappa shape index (κ2) is 7.06. The molecule has 4 nitrogen and oxygen atoms in total. The molecule has 1 rings (SSSR count). The molecule has 0 aliphatic carbocycles. The lowest BCUT2D eigenvalue weighted by atomic mass is 10.2. The number of nitrogens with two attached hydrogens (primary N) is 1. The van der Waals surface area contributed by atoms with Crippen LogP contribution in [0, 0.1) is 5.82 Å². The van der Waals surface area contributed by atoms with Gasteiger partial charge in [-0.25, -0.2) is 4.39 Å². The van der Waals surface area contributed by atoms with Crippen LogP contribution in [0.1, 0.15) is 26.7 Å². The van der Waals surface area contributed by atoms with E-state index in [-0.39, 0.29) is 11.9 Å². The zero-order valence-electron chi connectivity index (χ0n) is 10.9. The summed E-state index contributed by atoms with van der Waals surface area (Å²) in [6, 6.07) is 2.80. The van der Waals surface area contributed by atoms with Gasteiger partial charge in [0.1, 0.15) is 0 Å². The minimum atomic E-state index is -0.456. The van der Waals surface area contributed by atoms with Crippen LogP contribution in [0.15, 0.2) is 12.1 Å². The second-order valence-corrected chi connectivity index (χ2v) is 4.28. The summed E-state index contributed by atoms with van der Waals surface area (Å²) in [5.74, 6) is -0.257. The van der Waals surface area contributed by atoms with Crippen molar-refractivity contribution in [2.75, 3.05) is 24.2 Å². The number of anilines is 2. The summed E-state index contributed by atoms with van der Waals surface area (Å²) in [5.41, 5.74) is 6.68. The molecule has 102 valence electrons. The molecule has 0 radical (unpaired) electrons. The summed E-state index contributed by atoms with van der Waals surface area (Å²) >= 11 is 0. The van der Waals surface area contributed by atoms with Crippen molar-refractivity contribution in [2.45, 2.75) is 32.8 Å². The van der Waals surface area contributed by atoms with Gasteiger partial charge < -0.3 is 20.9 Å². The molecule has 1 aromatic carbocycles. The van der Waals surface area contributed by atoms with Gasteiger partial charge in [0.2, 0.25) is 0 Å². The maximum Gasteiger partial charge on any atom is 0.167 e. The number of nitrogens with one attached hydrogen (secondary N) is 1. The van der Waals surface area contributed by atoms with Crippen molar-refractivity contribution in [3.8, 4) is 5.75 Å². The maximum absolute atomic E-state index is 13.5. The molecule has 0 amide bonds. The van der Waals surface area contributed by atoms with Crippen molar-refractivity contribution in [3.63, 3.8) is 0 Å². The molecule has 0 spiro atoms. The molecule has 0 bridgehead atoms. The number of hydrogen-bond acceptors (Lipinski definition) is 4. The molecular weight excluding hydrogens is 235 g/mol. The van der Waals surface area contributed by atoms with Crippen LogP contribution in [0.3, 0.4) is 0 Å². The number of rotatable bonds is 7. The first-order chi connectivity index (χ1) is 8.54. The van der Waals surface area contributed by atoms with Gasteiger partial charge in [-0.1, -0.05) is 6.92 Å². The Morgan fingerprint density at radius 1 is 1.50 bits per heavy atom. The van der Waals surface area contributed by atoms with E-state index >= 15 is 0 Å². The van der Waals surface area contributed by atoms with Gasteiger partial charge in [0, 0.05) is 18.7 Å². The second-order valence-electron chi connectivity index (χ2n) is 4.28. The summed E-state index contributed by atoms with van der Waals surface area (Å²) in [5, 5.41) is 12.2. The van der Waals surface area contributed by atoms with E-state index in [4.69, 9.17) is 15.6 Å². The third-order valence-corrected chi connectivity index (χ3v) is 2.44. The summed E-state index contributed by atoms with van der Waals surface area (Å²) in [6.45, 7) is 4.71. The van der Waals surface area contributed by atoms with E-state index in [2.05, 4.69) is 5.32 Å². The Morgan fingerprint density at radius 3 is 2.83 bits per heavy atom. The number of hydrogen-bond donors (Lipinski definition) is 3. The quantitative estimate of drug-likeness (QED) is 0.655. The summed E-state index contributed by atoms with van der Waals surface area (Å²) in [6.07, 6.45) is 1.03. The normalized spacial score (nSPS) is 12.2. The Labute approximate surface area is 107 Å². The van der Waals surface area contributed by atoms with Crippen LogP contribution in [0.25, 0.3) is 0 Å². The molecule has 0 saturated carbocycles. The fourth-order valence-electron chi connectivity index (χ4n) is 1.46. The van der Waals surface area contributed by atoms with Gasteiger partial charge in [-0.3, -0.25) is 0 Å². The Balaban J connectivity index is 2.71. The van der Waals surface area contributed by atoms with Crippen LogP contribution in [-0.2, 0) is 0 Å². The molecule has 1 atom stereocenters. The van der Waals surface area contributed by atoms with Gasteiger partial charge in [-0.05, 0) is 19.8 Å². The lowest BCUT2D eigenvalue weighted by Gasteiger charge is -2.13. The first-order valence-electron chi connectivity index (χ1n) is 6.18. The molecule has 4 N–H and O–H groups in total. The number of halogens is 1. The van der Waals surface area contributed by atoms with E-state index in [9.17, 15) is 4.39 Å². The summed E-state index contributed by atoms with van der Waals surface area (Å²) in [4.78, 5) is 0. The Kier molecular flexibility index (Phi) is 5.71. The van der Waals surface area contributed by atoms with E-state index < -0.39 is 5.82 Å². The molecule has 0 aromatic heterocycles. The molecule has 0 heterocycles. The molecular formula is C13H21FN2O2. The van der Waals surface area contributed by atoms with Crippen LogP contribution in [-0.4, -0.2) is 24.4 Å². The van der Waals surface area contributed by atoms with Crippen molar-refractivity contribution in [3.05, 3.63) is 17.9 Å². The molecule has 0 saturated heterocycles. The Morgan fingerprint density at radius 2 is 2.22 bits per heavy atom. The lowest BCUT2D eigenvalue weighted by molar-refractivity contribution is 0.189. The number of nitrogen functional groups attached to an aromatic ring is 1. The summed E-state index contributed by atoms with van der Waals surface area (Å²) < 4.78 is 18.8. The molecule has 1 aromatic rings. The number of aliphatic hydroxyl groups is 1. The van der Waals surface area contributed by atoms with Crippen LogP contribution in [0.4, 0.5) is 15.8 Å².